The van der Waals surface area contributed by atoms with Crippen molar-refractivity contribution in [3.8, 4) is 0 Å². The Balaban J connectivity index is 2.09. The lowest BCUT2D eigenvalue weighted by Crippen LogP contribution is -2.43. The molecule has 0 aromatic heterocycles. The fourth-order valence-corrected chi connectivity index (χ4v) is 3.11. The van der Waals surface area contributed by atoms with Crippen molar-refractivity contribution in [1.29, 1.82) is 0 Å². The molecule has 2 fully saturated rings. The molecular weight excluding hydrogens is 218 g/mol. The summed E-state index contributed by atoms with van der Waals surface area (Å²) in [4.78, 5) is 17.8. The van der Waals surface area contributed by atoms with E-state index >= 15 is 0 Å². The summed E-state index contributed by atoms with van der Waals surface area (Å²) >= 11 is 0. The summed E-state index contributed by atoms with van der Waals surface area (Å²) in [5.41, 5.74) is 0.148. The maximum atomic E-state index is 12.0. The Labute approximate surface area is 103 Å². The SMILES string of the molecule is CN(C)C[C@@]12COC[C@H]1CN(C(=O)N(C)C)C2. The third-order valence-corrected chi connectivity index (χ3v) is 3.81. The van der Waals surface area contributed by atoms with Crippen LogP contribution in [0.1, 0.15) is 0 Å². The molecule has 17 heavy (non-hydrogen) atoms. The third-order valence-electron chi connectivity index (χ3n) is 3.81. The lowest BCUT2D eigenvalue weighted by atomic mass is 9.81. The number of likely N-dealkylation sites (tertiary alicyclic amines) is 1. The number of carbonyl (C=O) groups is 1. The van der Waals surface area contributed by atoms with Gasteiger partial charge in [0.25, 0.3) is 0 Å². The van der Waals surface area contributed by atoms with Crippen molar-refractivity contribution in [2.75, 3.05) is 61.0 Å². The molecule has 5 nitrogen and oxygen atoms in total. The van der Waals surface area contributed by atoms with E-state index < -0.39 is 0 Å². The number of ether oxygens (including phenoxy) is 1. The van der Waals surface area contributed by atoms with E-state index in [-0.39, 0.29) is 11.4 Å². The van der Waals surface area contributed by atoms with Crippen LogP contribution >= 0.6 is 0 Å². The normalized spacial score (nSPS) is 32.1. The monoisotopic (exact) mass is 241 g/mol. The van der Waals surface area contributed by atoms with E-state index in [0.29, 0.717) is 5.92 Å². The summed E-state index contributed by atoms with van der Waals surface area (Å²) in [6.07, 6.45) is 0. The van der Waals surface area contributed by atoms with Crippen molar-refractivity contribution < 1.29 is 9.53 Å². The van der Waals surface area contributed by atoms with Crippen LogP contribution in [0.25, 0.3) is 0 Å². The van der Waals surface area contributed by atoms with Gasteiger partial charge >= 0.3 is 6.03 Å². The summed E-state index contributed by atoms with van der Waals surface area (Å²) in [5.74, 6) is 0.494. The van der Waals surface area contributed by atoms with E-state index in [1.165, 1.54) is 0 Å². The van der Waals surface area contributed by atoms with Gasteiger partial charge in [-0.15, -0.1) is 0 Å². The minimum absolute atomic E-state index is 0.123. The van der Waals surface area contributed by atoms with E-state index in [1.807, 2.05) is 19.0 Å². The van der Waals surface area contributed by atoms with E-state index in [4.69, 9.17) is 4.74 Å². The smallest absolute Gasteiger partial charge is 0.319 e. The molecule has 0 N–H and O–H groups in total. The Hall–Kier alpha value is -0.810. The van der Waals surface area contributed by atoms with Crippen molar-refractivity contribution in [2.24, 2.45) is 11.3 Å². The maximum Gasteiger partial charge on any atom is 0.319 e. The van der Waals surface area contributed by atoms with Gasteiger partial charge in [0.15, 0.2) is 0 Å². The second kappa shape index (κ2) is 4.46. The van der Waals surface area contributed by atoms with Crippen LogP contribution in [0.15, 0.2) is 0 Å². The zero-order valence-electron chi connectivity index (χ0n) is 11.3. The van der Waals surface area contributed by atoms with Crippen LogP contribution in [-0.4, -0.2) is 81.8 Å². The topological polar surface area (TPSA) is 36.0 Å². The molecule has 98 valence electrons. The highest BCUT2D eigenvalue weighted by Gasteiger charge is 2.52. The number of urea groups is 1. The van der Waals surface area contributed by atoms with Crippen molar-refractivity contribution in [1.82, 2.24) is 14.7 Å². The zero-order valence-corrected chi connectivity index (χ0v) is 11.3. The van der Waals surface area contributed by atoms with Gasteiger partial charge in [0.05, 0.1) is 13.2 Å². The maximum absolute atomic E-state index is 12.0. The molecule has 2 saturated heterocycles. The highest BCUT2D eigenvalue weighted by atomic mass is 16.5. The second-order valence-electron chi connectivity index (χ2n) is 5.87. The van der Waals surface area contributed by atoms with Crippen molar-refractivity contribution in [3.05, 3.63) is 0 Å². The number of hydrogen-bond acceptors (Lipinski definition) is 3. The lowest BCUT2D eigenvalue weighted by Gasteiger charge is -2.30. The molecule has 5 heteroatoms. The van der Waals surface area contributed by atoms with Crippen LogP contribution in [0.3, 0.4) is 0 Å². The largest absolute Gasteiger partial charge is 0.380 e. The summed E-state index contributed by atoms with van der Waals surface area (Å²) in [6, 6.07) is 0.123. The van der Waals surface area contributed by atoms with E-state index in [0.717, 1.165) is 32.8 Å². The highest BCUT2D eigenvalue weighted by Crippen LogP contribution is 2.41. The van der Waals surface area contributed by atoms with Gasteiger partial charge in [0.2, 0.25) is 0 Å². The fraction of sp³-hybridized carbons (Fsp3) is 0.917. The van der Waals surface area contributed by atoms with Gasteiger partial charge in [-0.2, -0.15) is 0 Å². The molecule has 2 rings (SSSR count). The molecule has 0 aliphatic carbocycles. The molecule has 0 bridgehead atoms. The average molecular weight is 241 g/mol. The molecule has 0 aromatic carbocycles. The first kappa shape index (κ1) is 12.6. The number of rotatable bonds is 2. The van der Waals surface area contributed by atoms with Crippen LogP contribution in [0.5, 0.6) is 0 Å². The first-order valence-corrected chi connectivity index (χ1v) is 6.13. The van der Waals surface area contributed by atoms with E-state index in [2.05, 4.69) is 19.0 Å². The average Bonchev–Trinajstić information content (AvgIpc) is 2.71. The minimum Gasteiger partial charge on any atom is -0.380 e. The van der Waals surface area contributed by atoms with E-state index in [1.54, 1.807) is 4.90 Å². The number of nitrogens with zero attached hydrogens (tertiary/aromatic N) is 3. The molecular formula is C12H23N3O2. The number of amides is 2. The first-order chi connectivity index (χ1) is 7.94. The molecule has 2 aliphatic rings. The van der Waals surface area contributed by atoms with Crippen LogP contribution in [0.4, 0.5) is 4.79 Å². The van der Waals surface area contributed by atoms with Crippen molar-refractivity contribution >= 4 is 6.03 Å². The molecule has 0 radical (unpaired) electrons. The Kier molecular flexibility index (Phi) is 3.32. The quantitative estimate of drug-likeness (QED) is 0.692. The molecule has 2 aliphatic heterocycles. The number of carbonyl (C=O) groups excluding carboxylic acids is 1. The molecule has 0 saturated carbocycles. The van der Waals surface area contributed by atoms with Crippen LogP contribution in [-0.2, 0) is 4.74 Å². The molecule has 0 aromatic rings. The molecule has 2 amide bonds. The van der Waals surface area contributed by atoms with Gasteiger partial charge in [0, 0.05) is 45.1 Å². The van der Waals surface area contributed by atoms with Crippen molar-refractivity contribution in [2.45, 2.75) is 0 Å². The van der Waals surface area contributed by atoms with Gasteiger partial charge in [-0.25, -0.2) is 4.79 Å². The van der Waals surface area contributed by atoms with Crippen molar-refractivity contribution in [3.63, 3.8) is 0 Å². The Bertz CT molecular complexity index is 306. The molecule has 0 unspecified atom stereocenters. The van der Waals surface area contributed by atoms with Gasteiger partial charge in [-0.1, -0.05) is 0 Å². The van der Waals surface area contributed by atoms with Crippen LogP contribution in [0, 0.1) is 11.3 Å². The predicted molar refractivity (Wildman–Crippen MR) is 66.0 cm³/mol. The summed E-state index contributed by atoms with van der Waals surface area (Å²) < 4.78 is 5.63. The third kappa shape index (κ3) is 2.26. The Morgan fingerprint density at radius 3 is 2.71 bits per heavy atom. The standard InChI is InChI=1S/C12H23N3O2/c1-13(2)7-12-8-15(11(16)14(3)4)5-10(12)6-17-9-12/h10H,5-9H2,1-4H3/t10-,12-/m1/s1. The van der Waals surface area contributed by atoms with Crippen LogP contribution in [0.2, 0.25) is 0 Å². The predicted octanol–water partition coefficient (Wildman–Crippen LogP) is 0.178. The van der Waals surface area contributed by atoms with Gasteiger partial charge in [-0.3, -0.25) is 0 Å². The van der Waals surface area contributed by atoms with E-state index in [9.17, 15) is 4.79 Å². The fourth-order valence-electron chi connectivity index (χ4n) is 3.11. The number of hydrogen-bond donors (Lipinski definition) is 0. The molecule has 0 spiro atoms. The summed E-state index contributed by atoms with van der Waals surface area (Å²) in [6.45, 7) is 4.24. The first-order valence-electron chi connectivity index (χ1n) is 6.13. The summed E-state index contributed by atoms with van der Waals surface area (Å²) in [7, 11) is 7.79. The van der Waals surface area contributed by atoms with Crippen LogP contribution < -0.4 is 0 Å². The Morgan fingerprint density at radius 2 is 2.12 bits per heavy atom. The second-order valence-corrected chi connectivity index (χ2v) is 5.87. The molecule has 2 heterocycles. The van der Waals surface area contributed by atoms with Gasteiger partial charge in [0.1, 0.15) is 0 Å². The van der Waals surface area contributed by atoms with Gasteiger partial charge in [-0.05, 0) is 14.1 Å². The highest BCUT2D eigenvalue weighted by molar-refractivity contribution is 5.74. The van der Waals surface area contributed by atoms with Gasteiger partial charge < -0.3 is 19.4 Å². The number of fused-ring (bicyclic) bond motifs is 1. The Morgan fingerprint density at radius 1 is 1.41 bits per heavy atom. The minimum atomic E-state index is 0.123. The zero-order chi connectivity index (χ0) is 12.6. The molecule has 2 atom stereocenters. The summed E-state index contributed by atoms with van der Waals surface area (Å²) in [5, 5.41) is 0. The lowest BCUT2D eigenvalue weighted by molar-refractivity contribution is 0.110.